The summed E-state index contributed by atoms with van der Waals surface area (Å²) in [6.45, 7) is -0.851. The van der Waals surface area contributed by atoms with Crippen LogP contribution in [0.2, 0.25) is 0 Å². The quantitative estimate of drug-likeness (QED) is 0.0684. The molecule has 346 valence electrons. The van der Waals surface area contributed by atoms with Gasteiger partial charge in [-0.25, -0.2) is 4.79 Å². The van der Waals surface area contributed by atoms with Crippen molar-refractivity contribution in [2.24, 2.45) is 0 Å². The van der Waals surface area contributed by atoms with E-state index in [9.17, 15) is 85.6 Å². The van der Waals surface area contributed by atoms with Gasteiger partial charge in [-0.3, -0.25) is 14.4 Å². The minimum Gasteiger partial charge on any atom is -0.477 e. The molecule has 0 saturated carbocycles. The summed E-state index contributed by atoms with van der Waals surface area (Å²) < 4.78 is 39.4. The van der Waals surface area contributed by atoms with Gasteiger partial charge in [-0.2, -0.15) is 0 Å². The minimum absolute atomic E-state index is 0.757. The molecule has 4 fully saturated rings. The fraction of sp³-hybridized carbons (Fsp3) is 0.879. The summed E-state index contributed by atoms with van der Waals surface area (Å²) in [6.07, 6.45) is -32.9. The number of aliphatic carboxylic acids is 1. The standard InChI is InChI=1S/C33H55N3O24/c1-9(40)34-17-12(43)4-33(32(52)53,60-28(17)20(45)13(44)5-37)54-8-16-22(47)27(19(29(51)55-16)36-11(3)42)59-30-18(35-10(2)41)23(48)26(15(7-39)57-30)58-31-25(50)24(49)21(46)14(6-38)56-31/h12-31,37-39,43-51H,4-8H2,1-3H3,(H,34,40)(H,35,41)(H,36,42)(H,52,53)/t12-,13+,14+,15+,16+,17+,18+,19+,20+,21-,22-,23+,24-,25+,26+,27+,28+,29?,30-,31-,33+/m0/s1. The summed E-state index contributed by atoms with van der Waals surface area (Å²) in [5.74, 6) is -7.23. The van der Waals surface area contributed by atoms with Crippen LogP contribution in [0.1, 0.15) is 27.2 Å². The van der Waals surface area contributed by atoms with Gasteiger partial charge in [0.15, 0.2) is 18.9 Å². The largest absolute Gasteiger partial charge is 0.477 e. The van der Waals surface area contributed by atoms with E-state index in [2.05, 4.69) is 16.0 Å². The topological polar surface area (TPSA) is 432 Å². The summed E-state index contributed by atoms with van der Waals surface area (Å²) in [5, 5.41) is 143. The lowest BCUT2D eigenvalue weighted by Gasteiger charge is -2.50. The average molecular weight is 878 g/mol. The Bertz CT molecular complexity index is 1470. The van der Waals surface area contributed by atoms with E-state index < -0.39 is 185 Å². The molecule has 4 aliphatic heterocycles. The molecule has 27 nitrogen and oxygen atoms in total. The third kappa shape index (κ3) is 11.0. The van der Waals surface area contributed by atoms with Crippen LogP contribution in [0, 0.1) is 0 Å². The number of carboxylic acids is 1. The van der Waals surface area contributed by atoms with Crippen molar-refractivity contribution in [3.63, 3.8) is 0 Å². The van der Waals surface area contributed by atoms with Gasteiger partial charge in [0.05, 0.1) is 38.6 Å². The van der Waals surface area contributed by atoms with Crippen LogP contribution in [0.25, 0.3) is 0 Å². The lowest BCUT2D eigenvalue weighted by Crippen LogP contribution is -2.71. The molecule has 21 atom stereocenters. The highest BCUT2D eigenvalue weighted by atomic mass is 16.8. The van der Waals surface area contributed by atoms with Crippen molar-refractivity contribution in [1.29, 1.82) is 0 Å². The monoisotopic (exact) mass is 877 g/mol. The number of ether oxygens (including phenoxy) is 7. The van der Waals surface area contributed by atoms with Crippen molar-refractivity contribution in [3.8, 4) is 0 Å². The normalized spacial score (nSPS) is 43.3. The Balaban J connectivity index is 1.62. The lowest BCUT2D eigenvalue weighted by atomic mass is 9.88. The van der Waals surface area contributed by atoms with Gasteiger partial charge in [0.25, 0.3) is 5.79 Å². The van der Waals surface area contributed by atoms with Crippen molar-refractivity contribution < 1.29 is 119 Å². The second-order valence-corrected chi connectivity index (χ2v) is 14.8. The lowest BCUT2D eigenvalue weighted by molar-refractivity contribution is -0.362. The van der Waals surface area contributed by atoms with E-state index >= 15 is 0 Å². The molecule has 16 N–H and O–H groups in total. The van der Waals surface area contributed by atoms with Gasteiger partial charge in [-0.05, 0) is 0 Å². The molecular formula is C33H55N3O24. The Morgan fingerprint density at radius 3 is 1.77 bits per heavy atom. The fourth-order valence-corrected chi connectivity index (χ4v) is 7.34. The zero-order valence-electron chi connectivity index (χ0n) is 32.4. The smallest absolute Gasteiger partial charge is 0.364 e. The van der Waals surface area contributed by atoms with E-state index in [1.807, 2.05) is 0 Å². The molecular weight excluding hydrogens is 822 g/mol. The Morgan fingerprint density at radius 1 is 0.667 bits per heavy atom. The maximum absolute atomic E-state index is 12.7. The third-order valence-corrected chi connectivity index (χ3v) is 10.4. The number of aliphatic hydroxyl groups is 12. The van der Waals surface area contributed by atoms with Gasteiger partial charge in [0.2, 0.25) is 17.7 Å². The molecule has 4 rings (SSSR count). The van der Waals surface area contributed by atoms with Crippen LogP contribution >= 0.6 is 0 Å². The SMILES string of the molecule is CC(=O)N[C@H]1[C@H](O[C@H]2[C@@H](O)[C@@H](CO[C@]3(C(=O)O)C[C@H](O)[C@@H](NC(C)=O)[C@H]([C@H](O)[C@H](O)CO)O3)OC(O)[C@@H]2NC(C)=O)O[C@H](CO)[C@@H](O[C@@H]2O[C@H](CO)[C@H](O)[C@H](O)[C@H]2O)[C@@H]1O. The van der Waals surface area contributed by atoms with Crippen LogP contribution in [0.4, 0.5) is 0 Å². The van der Waals surface area contributed by atoms with Crippen molar-refractivity contribution >= 4 is 23.7 Å². The summed E-state index contributed by atoms with van der Waals surface area (Å²) in [6, 6.07) is -4.94. The number of carbonyl (C=O) groups excluding carboxylic acids is 3. The Hall–Kier alpha value is -2.88. The highest BCUT2D eigenvalue weighted by Crippen LogP contribution is 2.36. The van der Waals surface area contributed by atoms with Crippen LogP contribution < -0.4 is 16.0 Å². The van der Waals surface area contributed by atoms with Crippen molar-refractivity contribution in [2.45, 2.75) is 155 Å². The zero-order valence-corrected chi connectivity index (χ0v) is 32.4. The Kier molecular flexibility index (Phi) is 17.4. The third-order valence-electron chi connectivity index (χ3n) is 10.4. The van der Waals surface area contributed by atoms with E-state index in [1.54, 1.807) is 0 Å². The molecule has 0 aromatic heterocycles. The van der Waals surface area contributed by atoms with Gasteiger partial charge >= 0.3 is 5.97 Å². The molecule has 0 aromatic rings. The van der Waals surface area contributed by atoms with Crippen LogP contribution in [0.15, 0.2) is 0 Å². The predicted molar refractivity (Wildman–Crippen MR) is 186 cm³/mol. The average Bonchev–Trinajstić information content (AvgIpc) is 3.18. The molecule has 1 unspecified atom stereocenters. The maximum atomic E-state index is 12.7. The molecule has 0 radical (unpaired) electrons. The first-order chi connectivity index (χ1) is 28.1. The summed E-state index contributed by atoms with van der Waals surface area (Å²) >= 11 is 0. The van der Waals surface area contributed by atoms with Crippen molar-refractivity contribution in [2.75, 3.05) is 26.4 Å². The highest BCUT2D eigenvalue weighted by molar-refractivity contribution is 5.77. The van der Waals surface area contributed by atoms with Crippen LogP contribution in [0.3, 0.4) is 0 Å². The number of rotatable bonds is 16. The van der Waals surface area contributed by atoms with Gasteiger partial charge in [-0.1, -0.05) is 0 Å². The molecule has 4 heterocycles. The van der Waals surface area contributed by atoms with E-state index in [1.165, 1.54) is 0 Å². The highest BCUT2D eigenvalue weighted by Gasteiger charge is 2.58. The van der Waals surface area contributed by atoms with E-state index in [0.29, 0.717) is 0 Å². The Morgan fingerprint density at radius 2 is 1.22 bits per heavy atom. The number of aliphatic hydroxyl groups excluding tert-OH is 12. The fourth-order valence-electron chi connectivity index (χ4n) is 7.34. The molecule has 27 heteroatoms. The van der Waals surface area contributed by atoms with Gasteiger partial charge in [0.1, 0.15) is 91.4 Å². The van der Waals surface area contributed by atoms with E-state index in [4.69, 9.17) is 33.2 Å². The van der Waals surface area contributed by atoms with Crippen LogP contribution in [-0.2, 0) is 52.3 Å². The molecule has 3 amide bonds. The number of nitrogens with one attached hydrogen (secondary N) is 3. The predicted octanol–water partition coefficient (Wildman–Crippen LogP) is -10.1. The zero-order chi connectivity index (χ0) is 45.0. The van der Waals surface area contributed by atoms with Crippen LogP contribution in [0.5, 0.6) is 0 Å². The van der Waals surface area contributed by atoms with Gasteiger partial charge in [-0.15, -0.1) is 0 Å². The number of hydrogen-bond acceptors (Lipinski definition) is 23. The molecule has 60 heavy (non-hydrogen) atoms. The number of amides is 3. The molecule has 0 aliphatic carbocycles. The first-order valence-electron chi connectivity index (χ1n) is 18.7. The van der Waals surface area contributed by atoms with Crippen LogP contribution in [-0.4, -0.2) is 245 Å². The summed E-state index contributed by atoms with van der Waals surface area (Å²) in [5.41, 5.74) is 0. The van der Waals surface area contributed by atoms with Crippen molar-refractivity contribution in [3.05, 3.63) is 0 Å². The van der Waals surface area contributed by atoms with Crippen molar-refractivity contribution in [1.82, 2.24) is 16.0 Å². The molecule has 0 spiro atoms. The summed E-state index contributed by atoms with van der Waals surface area (Å²) in [7, 11) is 0. The second kappa shape index (κ2) is 21.0. The molecule has 0 aromatic carbocycles. The van der Waals surface area contributed by atoms with Gasteiger partial charge < -0.3 is 115 Å². The number of carbonyl (C=O) groups is 4. The van der Waals surface area contributed by atoms with Gasteiger partial charge in [0, 0.05) is 27.2 Å². The second-order valence-electron chi connectivity index (χ2n) is 14.8. The first-order valence-corrected chi connectivity index (χ1v) is 18.7. The first kappa shape index (κ1) is 49.8. The number of hydrogen-bond donors (Lipinski definition) is 16. The maximum Gasteiger partial charge on any atom is 0.364 e. The molecule has 0 bridgehead atoms. The van der Waals surface area contributed by atoms with E-state index in [-0.39, 0.29) is 0 Å². The summed E-state index contributed by atoms with van der Waals surface area (Å²) in [4.78, 5) is 49.2. The minimum atomic E-state index is -2.93. The Labute approximate surface area is 340 Å². The van der Waals surface area contributed by atoms with E-state index in [0.717, 1.165) is 20.8 Å². The molecule has 4 saturated heterocycles. The molecule has 4 aliphatic rings. The number of carboxylic acid groups (broad SMARTS) is 1.